The monoisotopic (exact) mass is 451 g/mol. The predicted octanol–water partition coefficient (Wildman–Crippen LogP) is -0.161. The van der Waals surface area contributed by atoms with Gasteiger partial charge in [0.2, 0.25) is 12.2 Å². The van der Waals surface area contributed by atoms with E-state index in [4.69, 9.17) is 14.2 Å². The minimum Gasteiger partial charge on any atom is -0.489 e. The van der Waals surface area contributed by atoms with Crippen molar-refractivity contribution in [3.8, 4) is 11.5 Å². The van der Waals surface area contributed by atoms with E-state index in [0.717, 1.165) is 30.4 Å². The fraction of sp³-hybridized carbons (Fsp3) is 0.636. The highest BCUT2D eigenvalue weighted by Crippen LogP contribution is 2.48. The number of aliphatic carboxylic acids is 1. The van der Waals surface area contributed by atoms with Crippen molar-refractivity contribution in [3.05, 3.63) is 22.8 Å². The van der Waals surface area contributed by atoms with E-state index in [-0.39, 0.29) is 11.8 Å². The summed E-state index contributed by atoms with van der Waals surface area (Å²) in [7, 11) is 0. The quantitative estimate of drug-likeness (QED) is 0.380. The van der Waals surface area contributed by atoms with Gasteiger partial charge in [-0.3, -0.25) is 4.79 Å². The first-order chi connectivity index (χ1) is 15.3. The van der Waals surface area contributed by atoms with Crippen LogP contribution in [0.4, 0.5) is 0 Å². The molecule has 1 aromatic carbocycles. The molecule has 0 aromatic heterocycles. The molecule has 10 heteroatoms. The van der Waals surface area contributed by atoms with Gasteiger partial charge in [-0.2, -0.15) is 0 Å². The summed E-state index contributed by atoms with van der Waals surface area (Å²) >= 11 is 0. The molecule has 2 heterocycles. The molecule has 0 saturated carbocycles. The summed E-state index contributed by atoms with van der Waals surface area (Å²) in [5.74, 6) is -0.315. The predicted molar refractivity (Wildman–Crippen MR) is 110 cm³/mol. The first-order valence-corrected chi connectivity index (χ1v) is 11.0. The first kappa shape index (κ1) is 22.8. The van der Waals surface area contributed by atoms with Crippen molar-refractivity contribution in [2.45, 2.75) is 75.7 Å². The molecule has 0 radical (unpaired) electrons. The molecule has 1 saturated heterocycles. The Kier molecular flexibility index (Phi) is 6.57. The Morgan fingerprint density at radius 3 is 2.69 bits per heavy atom. The van der Waals surface area contributed by atoms with Gasteiger partial charge in [-0.05, 0) is 42.4 Å². The third-order valence-electron chi connectivity index (χ3n) is 6.44. The number of aliphatic hydroxyl groups is 3. The highest BCUT2D eigenvalue weighted by molar-refractivity contribution is 5.75. The molecular weight excluding hydrogens is 422 g/mol. The maximum absolute atomic E-state index is 11.5. The number of hydrogen-bond donors (Lipinski definition) is 5. The summed E-state index contributed by atoms with van der Waals surface area (Å²) in [6.45, 7) is 2.88. The molecule has 176 valence electrons. The number of rotatable bonds is 7. The van der Waals surface area contributed by atoms with Crippen LogP contribution in [-0.2, 0) is 27.2 Å². The second-order valence-electron chi connectivity index (χ2n) is 8.43. The van der Waals surface area contributed by atoms with Crippen LogP contribution in [0.1, 0.15) is 48.8 Å². The number of aliphatic hydroxyl groups excluding tert-OH is 3. The molecule has 32 heavy (non-hydrogen) atoms. The number of fused-ring (bicyclic) bond motifs is 3. The van der Waals surface area contributed by atoms with Crippen molar-refractivity contribution < 1.29 is 44.2 Å². The minimum absolute atomic E-state index is 0.0264. The van der Waals surface area contributed by atoms with Crippen LogP contribution in [0, 0.1) is 0 Å². The maximum Gasteiger partial charge on any atom is 0.335 e. The standard InChI is InChI=1S/C22H29NO9/c1-2-14(24)23-7-5-10-3-4-11-9-13(19-12(15(10)11)6-8-30-19)31-22-18(27)16(25)17(26)20(32-22)21(28)29/h9-10,16-18,20,22,25-27H,2-8H2,1H3,(H,23,24)(H,28,29)/t10-,16?,17?,18?,20?,22?/m0/s1. The van der Waals surface area contributed by atoms with Crippen LogP contribution in [0.2, 0.25) is 0 Å². The van der Waals surface area contributed by atoms with E-state index in [1.807, 2.05) is 13.0 Å². The Balaban J connectivity index is 1.55. The van der Waals surface area contributed by atoms with Crippen LogP contribution in [0.25, 0.3) is 0 Å². The number of carboxylic acid groups (broad SMARTS) is 1. The normalized spacial score (nSPS) is 30.9. The molecule has 2 aliphatic heterocycles. The molecule has 6 atom stereocenters. The zero-order valence-electron chi connectivity index (χ0n) is 17.8. The molecule has 4 rings (SSSR count). The Morgan fingerprint density at radius 2 is 1.97 bits per heavy atom. The number of carbonyl (C=O) groups excluding carboxylic acids is 1. The number of nitrogens with one attached hydrogen (secondary N) is 1. The summed E-state index contributed by atoms with van der Waals surface area (Å²) in [4.78, 5) is 22.9. The molecule has 10 nitrogen and oxygen atoms in total. The van der Waals surface area contributed by atoms with Gasteiger partial charge in [-0.15, -0.1) is 0 Å². The number of carbonyl (C=O) groups is 2. The lowest BCUT2D eigenvalue weighted by atomic mass is 9.91. The smallest absolute Gasteiger partial charge is 0.335 e. The fourth-order valence-electron chi connectivity index (χ4n) is 4.78. The Bertz CT molecular complexity index is 889. The van der Waals surface area contributed by atoms with Gasteiger partial charge >= 0.3 is 5.97 Å². The maximum atomic E-state index is 11.5. The summed E-state index contributed by atoms with van der Waals surface area (Å²) in [6.07, 6.45) is -4.65. The summed E-state index contributed by atoms with van der Waals surface area (Å²) in [5, 5.41) is 42.4. The molecule has 1 aromatic rings. The Hall–Kier alpha value is -2.40. The summed E-state index contributed by atoms with van der Waals surface area (Å²) in [6, 6.07) is 1.81. The minimum atomic E-state index is -1.78. The third-order valence-corrected chi connectivity index (χ3v) is 6.44. The Labute approximate surface area is 185 Å². The second kappa shape index (κ2) is 9.22. The van der Waals surface area contributed by atoms with Crippen molar-refractivity contribution in [2.75, 3.05) is 13.2 Å². The van der Waals surface area contributed by atoms with Crippen LogP contribution in [0.15, 0.2) is 6.07 Å². The van der Waals surface area contributed by atoms with Crippen LogP contribution in [0.5, 0.6) is 11.5 Å². The highest BCUT2D eigenvalue weighted by atomic mass is 16.7. The average Bonchev–Trinajstić information content (AvgIpc) is 3.40. The van der Waals surface area contributed by atoms with Crippen LogP contribution < -0.4 is 14.8 Å². The number of amides is 1. The largest absolute Gasteiger partial charge is 0.489 e. The Morgan fingerprint density at radius 1 is 1.19 bits per heavy atom. The van der Waals surface area contributed by atoms with E-state index < -0.39 is 36.7 Å². The van der Waals surface area contributed by atoms with Gasteiger partial charge in [0.1, 0.15) is 18.3 Å². The zero-order chi connectivity index (χ0) is 23.0. The van der Waals surface area contributed by atoms with Crippen molar-refractivity contribution in [1.82, 2.24) is 5.32 Å². The van der Waals surface area contributed by atoms with E-state index in [9.17, 15) is 30.0 Å². The molecule has 0 spiro atoms. The lowest BCUT2D eigenvalue weighted by Crippen LogP contribution is -2.61. The average molecular weight is 451 g/mol. The second-order valence-corrected chi connectivity index (χ2v) is 8.43. The number of ether oxygens (including phenoxy) is 3. The van der Waals surface area contributed by atoms with E-state index in [2.05, 4.69) is 5.32 Å². The number of aryl methyl sites for hydroxylation is 1. The van der Waals surface area contributed by atoms with Gasteiger partial charge in [0.25, 0.3) is 0 Å². The first-order valence-electron chi connectivity index (χ1n) is 11.0. The van der Waals surface area contributed by atoms with Gasteiger partial charge < -0.3 is 40.0 Å². The molecule has 5 N–H and O–H groups in total. The van der Waals surface area contributed by atoms with Crippen molar-refractivity contribution in [3.63, 3.8) is 0 Å². The number of carboxylic acids is 1. The molecule has 1 fully saturated rings. The fourth-order valence-corrected chi connectivity index (χ4v) is 4.78. The summed E-state index contributed by atoms with van der Waals surface area (Å²) in [5.41, 5.74) is 3.30. The van der Waals surface area contributed by atoms with Gasteiger partial charge in [-0.25, -0.2) is 4.79 Å². The zero-order valence-corrected chi connectivity index (χ0v) is 17.8. The lowest BCUT2D eigenvalue weighted by molar-refractivity contribution is -0.271. The van der Waals surface area contributed by atoms with Crippen LogP contribution in [0.3, 0.4) is 0 Å². The molecular formula is C22H29NO9. The lowest BCUT2D eigenvalue weighted by Gasteiger charge is -2.38. The molecule has 1 aliphatic carbocycles. The van der Waals surface area contributed by atoms with Gasteiger partial charge in [0, 0.05) is 24.9 Å². The van der Waals surface area contributed by atoms with Gasteiger partial charge in [0.05, 0.1) is 6.61 Å². The van der Waals surface area contributed by atoms with Crippen LogP contribution in [-0.4, -0.2) is 76.2 Å². The number of hydrogen-bond acceptors (Lipinski definition) is 8. The SMILES string of the molecule is CCC(=O)NCC[C@@H]1CCc2cc(OC3OC(C(=O)O)C(O)C(O)C3O)c3c(c21)CCO3. The van der Waals surface area contributed by atoms with E-state index in [0.29, 0.717) is 37.5 Å². The van der Waals surface area contributed by atoms with Gasteiger partial charge in [-0.1, -0.05) is 6.92 Å². The van der Waals surface area contributed by atoms with Crippen molar-refractivity contribution >= 4 is 11.9 Å². The van der Waals surface area contributed by atoms with Gasteiger partial charge in [0.15, 0.2) is 17.6 Å². The topological polar surface area (TPSA) is 155 Å². The van der Waals surface area contributed by atoms with Crippen molar-refractivity contribution in [2.24, 2.45) is 0 Å². The highest BCUT2D eigenvalue weighted by Gasteiger charge is 2.48. The molecule has 5 unspecified atom stereocenters. The molecule has 0 bridgehead atoms. The summed E-state index contributed by atoms with van der Waals surface area (Å²) < 4.78 is 16.9. The van der Waals surface area contributed by atoms with E-state index in [1.54, 1.807) is 0 Å². The molecule has 1 amide bonds. The van der Waals surface area contributed by atoms with Crippen LogP contribution >= 0.6 is 0 Å². The van der Waals surface area contributed by atoms with Crippen molar-refractivity contribution in [1.29, 1.82) is 0 Å². The molecule has 3 aliphatic rings. The van der Waals surface area contributed by atoms with E-state index >= 15 is 0 Å². The third kappa shape index (κ3) is 4.15. The van der Waals surface area contributed by atoms with E-state index in [1.165, 1.54) is 5.56 Å². The number of benzene rings is 1.